The van der Waals surface area contributed by atoms with Gasteiger partial charge >= 0.3 is 0 Å². The van der Waals surface area contributed by atoms with Crippen molar-refractivity contribution in [2.75, 3.05) is 35.2 Å². The summed E-state index contributed by atoms with van der Waals surface area (Å²) in [5.41, 5.74) is 16.4. The molecule has 0 unspecified atom stereocenters. The van der Waals surface area contributed by atoms with Crippen molar-refractivity contribution in [3.05, 3.63) is 10.4 Å². The standard InChI is InChI=1S/C8H14N6O2/c9-5-6(10)14(16)8(7(11)13(5)15)12-3-1-2-4-12/h1-4,9-11H2. The number of nitrogens with zero attached hydrogens (tertiary/aromatic N) is 3. The number of nitrogen functional groups attached to an aromatic ring is 3. The zero-order valence-electron chi connectivity index (χ0n) is 8.72. The third-order valence-corrected chi connectivity index (χ3v) is 2.75. The molecule has 0 radical (unpaired) electrons. The maximum atomic E-state index is 11.8. The molecule has 1 aromatic rings. The number of rotatable bonds is 1. The Morgan fingerprint density at radius 2 is 1.38 bits per heavy atom. The SMILES string of the molecule is Nc1c(N)[n+]([O-])c(N2CCCC2)c(N)[n+]1[O-]. The van der Waals surface area contributed by atoms with Crippen LogP contribution in [0.25, 0.3) is 0 Å². The third-order valence-electron chi connectivity index (χ3n) is 2.75. The second kappa shape index (κ2) is 3.47. The van der Waals surface area contributed by atoms with E-state index >= 15 is 0 Å². The molecule has 0 aliphatic carbocycles. The lowest BCUT2D eigenvalue weighted by molar-refractivity contribution is -0.624. The molecule has 0 amide bonds. The molecular formula is C8H14N6O2. The quantitative estimate of drug-likeness (QED) is 0.386. The summed E-state index contributed by atoms with van der Waals surface area (Å²) in [5, 5.41) is 23.3. The first kappa shape index (κ1) is 10.4. The fraction of sp³-hybridized carbons (Fsp3) is 0.500. The number of nitrogens with two attached hydrogens (primary N) is 3. The van der Waals surface area contributed by atoms with Gasteiger partial charge < -0.3 is 27.6 Å². The zero-order chi connectivity index (χ0) is 11.9. The van der Waals surface area contributed by atoms with Gasteiger partial charge in [-0.2, -0.15) is 0 Å². The molecular weight excluding hydrogens is 212 g/mol. The van der Waals surface area contributed by atoms with Gasteiger partial charge in [-0.05, 0) is 12.8 Å². The van der Waals surface area contributed by atoms with Crippen LogP contribution in [-0.4, -0.2) is 13.1 Å². The highest BCUT2D eigenvalue weighted by atomic mass is 16.5. The van der Waals surface area contributed by atoms with Crippen LogP contribution < -0.4 is 31.6 Å². The van der Waals surface area contributed by atoms with Crippen LogP contribution in [0.2, 0.25) is 0 Å². The molecule has 2 rings (SSSR count). The van der Waals surface area contributed by atoms with Crippen molar-refractivity contribution < 1.29 is 9.46 Å². The van der Waals surface area contributed by atoms with Crippen LogP contribution >= 0.6 is 0 Å². The Bertz CT molecular complexity index is 400. The van der Waals surface area contributed by atoms with Crippen molar-refractivity contribution in [3.63, 3.8) is 0 Å². The van der Waals surface area contributed by atoms with Gasteiger partial charge in [0.15, 0.2) is 0 Å². The van der Waals surface area contributed by atoms with Crippen LogP contribution in [0.5, 0.6) is 0 Å². The lowest BCUT2D eigenvalue weighted by Gasteiger charge is -2.23. The van der Waals surface area contributed by atoms with Gasteiger partial charge in [0, 0.05) is 0 Å². The van der Waals surface area contributed by atoms with Gasteiger partial charge in [-0.25, -0.2) is 9.46 Å². The first-order chi connectivity index (χ1) is 7.54. The minimum atomic E-state index is -0.365. The maximum absolute atomic E-state index is 11.8. The number of aromatic nitrogens is 2. The predicted molar refractivity (Wildman–Crippen MR) is 59.0 cm³/mol. The summed E-state index contributed by atoms with van der Waals surface area (Å²) in [4.78, 5) is 1.74. The molecule has 8 heteroatoms. The minimum absolute atomic E-state index is 0.0965. The molecule has 0 atom stereocenters. The molecule has 1 fully saturated rings. The van der Waals surface area contributed by atoms with E-state index in [0.29, 0.717) is 17.8 Å². The second-order valence-electron chi connectivity index (χ2n) is 3.76. The van der Waals surface area contributed by atoms with Gasteiger partial charge in [0.2, 0.25) is 0 Å². The summed E-state index contributed by atoms with van der Waals surface area (Å²) < 4.78 is 0.710. The molecule has 1 aliphatic heterocycles. The summed E-state index contributed by atoms with van der Waals surface area (Å²) in [6, 6.07) is 0. The summed E-state index contributed by atoms with van der Waals surface area (Å²) >= 11 is 0. The Balaban J connectivity index is 2.59. The Morgan fingerprint density at radius 1 is 0.875 bits per heavy atom. The summed E-state index contributed by atoms with van der Waals surface area (Å²) in [6.45, 7) is 1.38. The average molecular weight is 226 g/mol. The Hall–Kier alpha value is -2.12. The maximum Gasteiger partial charge on any atom is 0.298 e. The molecule has 16 heavy (non-hydrogen) atoms. The highest BCUT2D eigenvalue weighted by Crippen LogP contribution is 2.22. The summed E-state index contributed by atoms with van der Waals surface area (Å²) in [6.07, 6.45) is 1.92. The van der Waals surface area contributed by atoms with Crippen molar-refractivity contribution in [3.8, 4) is 0 Å². The molecule has 2 heterocycles. The molecule has 0 saturated carbocycles. The third kappa shape index (κ3) is 1.30. The van der Waals surface area contributed by atoms with Crippen molar-refractivity contribution >= 4 is 23.3 Å². The molecule has 88 valence electrons. The second-order valence-corrected chi connectivity index (χ2v) is 3.76. The largest absolute Gasteiger partial charge is 0.740 e. The average Bonchev–Trinajstić information content (AvgIpc) is 2.77. The van der Waals surface area contributed by atoms with Crippen LogP contribution in [0.3, 0.4) is 0 Å². The van der Waals surface area contributed by atoms with Crippen molar-refractivity contribution in [2.24, 2.45) is 0 Å². The van der Waals surface area contributed by atoms with Crippen molar-refractivity contribution in [1.29, 1.82) is 0 Å². The van der Waals surface area contributed by atoms with E-state index in [1.54, 1.807) is 4.90 Å². The van der Waals surface area contributed by atoms with Gasteiger partial charge in [0.25, 0.3) is 23.3 Å². The molecule has 0 spiro atoms. The van der Waals surface area contributed by atoms with E-state index in [2.05, 4.69) is 0 Å². The van der Waals surface area contributed by atoms with Gasteiger partial charge in [0.1, 0.15) is 0 Å². The predicted octanol–water partition coefficient (Wildman–Crippen LogP) is -1.70. The van der Waals surface area contributed by atoms with Gasteiger partial charge in [-0.3, -0.25) is 4.90 Å². The number of hydrogen-bond acceptors (Lipinski definition) is 6. The zero-order valence-corrected chi connectivity index (χ0v) is 8.72. The summed E-state index contributed by atoms with van der Waals surface area (Å²) in [5.74, 6) is -0.788. The first-order valence-electron chi connectivity index (χ1n) is 4.98. The number of anilines is 4. The van der Waals surface area contributed by atoms with Crippen molar-refractivity contribution in [2.45, 2.75) is 12.8 Å². The molecule has 1 saturated heterocycles. The van der Waals surface area contributed by atoms with E-state index in [9.17, 15) is 10.4 Å². The van der Waals surface area contributed by atoms with Crippen LogP contribution in [0, 0.1) is 10.4 Å². The van der Waals surface area contributed by atoms with E-state index in [0.717, 1.165) is 12.8 Å². The fourth-order valence-corrected chi connectivity index (χ4v) is 1.87. The van der Waals surface area contributed by atoms with Crippen LogP contribution in [-0.2, 0) is 0 Å². The molecule has 1 aliphatic rings. The lowest BCUT2D eigenvalue weighted by atomic mass is 10.4. The van der Waals surface area contributed by atoms with Crippen molar-refractivity contribution in [1.82, 2.24) is 0 Å². The summed E-state index contributed by atoms with van der Waals surface area (Å²) in [7, 11) is 0. The topological polar surface area (TPSA) is 135 Å². The van der Waals surface area contributed by atoms with E-state index in [1.165, 1.54) is 0 Å². The fourth-order valence-electron chi connectivity index (χ4n) is 1.87. The van der Waals surface area contributed by atoms with E-state index < -0.39 is 0 Å². The molecule has 1 aromatic heterocycles. The smallest absolute Gasteiger partial charge is 0.298 e. The van der Waals surface area contributed by atoms with Gasteiger partial charge in [-0.15, -0.1) is 0 Å². The van der Waals surface area contributed by atoms with Gasteiger partial charge in [0.05, 0.1) is 13.1 Å². The van der Waals surface area contributed by atoms with E-state index in [1.807, 2.05) is 0 Å². The highest BCUT2D eigenvalue weighted by molar-refractivity contribution is 5.57. The lowest BCUT2D eigenvalue weighted by Crippen LogP contribution is -2.49. The van der Waals surface area contributed by atoms with E-state index in [-0.39, 0.29) is 28.0 Å². The first-order valence-corrected chi connectivity index (χ1v) is 4.98. The van der Waals surface area contributed by atoms with E-state index in [4.69, 9.17) is 17.2 Å². The Kier molecular flexibility index (Phi) is 2.26. The molecule has 8 nitrogen and oxygen atoms in total. The Labute approximate surface area is 92.0 Å². The normalized spacial score (nSPS) is 15.6. The minimum Gasteiger partial charge on any atom is -0.740 e. The molecule has 0 bridgehead atoms. The Morgan fingerprint density at radius 3 is 1.94 bits per heavy atom. The number of hydrogen-bond donors (Lipinski definition) is 3. The van der Waals surface area contributed by atoms with Crippen LogP contribution in [0.1, 0.15) is 12.8 Å². The highest BCUT2D eigenvalue weighted by Gasteiger charge is 2.28. The monoisotopic (exact) mass is 226 g/mol. The van der Waals surface area contributed by atoms with Crippen LogP contribution in [0.4, 0.5) is 23.3 Å². The van der Waals surface area contributed by atoms with Crippen LogP contribution in [0.15, 0.2) is 0 Å². The molecule has 0 aromatic carbocycles. The molecule has 6 N–H and O–H groups in total. The van der Waals surface area contributed by atoms with Gasteiger partial charge in [-0.1, -0.05) is 0 Å².